The van der Waals surface area contributed by atoms with Gasteiger partial charge in [-0.2, -0.15) is 0 Å². The van der Waals surface area contributed by atoms with Gasteiger partial charge >= 0.3 is 5.97 Å². The molecule has 0 aromatic heterocycles. The van der Waals surface area contributed by atoms with Crippen molar-refractivity contribution < 1.29 is 9.53 Å². The van der Waals surface area contributed by atoms with Crippen molar-refractivity contribution in [1.29, 1.82) is 0 Å². The zero-order valence-corrected chi connectivity index (χ0v) is 11.0. The second-order valence-electron chi connectivity index (χ2n) is 4.56. The first-order valence-corrected chi connectivity index (χ1v) is 5.95. The maximum absolute atomic E-state index is 11.9. The molecular formula is C15H20O2. The molecule has 0 heterocycles. The lowest BCUT2D eigenvalue weighted by Crippen LogP contribution is -2.11. The number of ether oxygens (including phenoxy) is 1. The Morgan fingerprint density at radius 1 is 1.29 bits per heavy atom. The summed E-state index contributed by atoms with van der Waals surface area (Å²) in [5, 5.41) is 0. The fraction of sp³-hybridized carbons (Fsp3) is 0.400. The van der Waals surface area contributed by atoms with Gasteiger partial charge in [0.25, 0.3) is 0 Å². The first-order chi connectivity index (χ1) is 8.04. The Morgan fingerprint density at radius 3 is 2.35 bits per heavy atom. The number of carbonyl (C=O) groups is 1. The predicted molar refractivity (Wildman–Crippen MR) is 70.6 cm³/mol. The number of rotatable bonds is 4. The van der Waals surface area contributed by atoms with Gasteiger partial charge in [-0.05, 0) is 25.3 Å². The molecule has 0 aliphatic rings. The van der Waals surface area contributed by atoms with Gasteiger partial charge in [-0.25, -0.2) is 4.79 Å². The number of hydrogen-bond acceptors (Lipinski definition) is 2. The minimum atomic E-state index is -0.245. The maximum atomic E-state index is 11.9. The van der Waals surface area contributed by atoms with Crippen molar-refractivity contribution in [1.82, 2.24) is 0 Å². The number of hydrogen-bond donors (Lipinski definition) is 0. The van der Waals surface area contributed by atoms with Crippen molar-refractivity contribution in [3.8, 4) is 0 Å². The molecule has 17 heavy (non-hydrogen) atoms. The molecule has 0 unspecified atom stereocenters. The highest BCUT2D eigenvalue weighted by molar-refractivity contribution is 6.16. The van der Waals surface area contributed by atoms with Crippen LogP contribution in [0.5, 0.6) is 0 Å². The van der Waals surface area contributed by atoms with Crippen LogP contribution in [-0.4, -0.2) is 12.6 Å². The van der Waals surface area contributed by atoms with E-state index < -0.39 is 0 Å². The Bertz CT molecular complexity index is 399. The van der Waals surface area contributed by atoms with E-state index in [4.69, 9.17) is 4.74 Å². The summed E-state index contributed by atoms with van der Waals surface area (Å²) in [4.78, 5) is 11.9. The third kappa shape index (κ3) is 4.06. The summed E-state index contributed by atoms with van der Waals surface area (Å²) in [5.74, 6) is 0.111. The standard InChI is InChI=1S/C15H20O2/c1-5-14(15(16)17-10-11(2)3)13-8-6-12(4)7-9-13/h5-9,11H,10H2,1-4H3/b14-5+. The van der Waals surface area contributed by atoms with Gasteiger partial charge in [-0.3, -0.25) is 0 Å². The molecule has 2 nitrogen and oxygen atoms in total. The van der Waals surface area contributed by atoms with Crippen molar-refractivity contribution in [3.05, 3.63) is 41.5 Å². The molecule has 0 aliphatic carbocycles. The molecule has 0 atom stereocenters. The summed E-state index contributed by atoms with van der Waals surface area (Å²) in [5.41, 5.74) is 2.72. The lowest BCUT2D eigenvalue weighted by molar-refractivity contribution is -0.137. The van der Waals surface area contributed by atoms with Gasteiger partial charge in [0.15, 0.2) is 0 Å². The Balaban J connectivity index is 2.78. The Kier molecular flexibility index (Phi) is 4.95. The molecule has 0 N–H and O–H groups in total. The fourth-order valence-electron chi connectivity index (χ4n) is 1.46. The van der Waals surface area contributed by atoms with Crippen LogP contribution in [0.15, 0.2) is 30.3 Å². The van der Waals surface area contributed by atoms with Crippen LogP contribution in [0.4, 0.5) is 0 Å². The van der Waals surface area contributed by atoms with Crippen molar-refractivity contribution >= 4 is 11.5 Å². The van der Waals surface area contributed by atoms with Crippen LogP contribution in [0.3, 0.4) is 0 Å². The Morgan fingerprint density at radius 2 is 1.88 bits per heavy atom. The predicted octanol–water partition coefficient (Wildman–Crippen LogP) is 3.60. The molecule has 0 bridgehead atoms. The van der Waals surface area contributed by atoms with Crippen LogP contribution < -0.4 is 0 Å². The second-order valence-corrected chi connectivity index (χ2v) is 4.56. The van der Waals surface area contributed by atoms with E-state index in [2.05, 4.69) is 0 Å². The molecule has 0 aliphatic heterocycles. The zero-order chi connectivity index (χ0) is 12.8. The molecular weight excluding hydrogens is 212 g/mol. The zero-order valence-electron chi connectivity index (χ0n) is 11.0. The van der Waals surface area contributed by atoms with Gasteiger partial charge < -0.3 is 4.74 Å². The number of aryl methyl sites for hydroxylation is 1. The molecule has 0 radical (unpaired) electrons. The largest absolute Gasteiger partial charge is 0.462 e. The molecule has 1 rings (SSSR count). The van der Waals surface area contributed by atoms with E-state index in [9.17, 15) is 4.79 Å². The molecule has 1 aromatic rings. The SMILES string of the molecule is C/C=C(/C(=O)OCC(C)C)c1ccc(C)cc1. The van der Waals surface area contributed by atoms with Gasteiger partial charge in [0.1, 0.15) is 0 Å². The smallest absolute Gasteiger partial charge is 0.338 e. The average Bonchev–Trinajstić information content (AvgIpc) is 2.30. The van der Waals surface area contributed by atoms with E-state index in [0.717, 1.165) is 5.56 Å². The van der Waals surface area contributed by atoms with Crippen LogP contribution in [0.1, 0.15) is 31.9 Å². The third-order valence-corrected chi connectivity index (χ3v) is 2.42. The average molecular weight is 232 g/mol. The van der Waals surface area contributed by atoms with E-state index in [0.29, 0.717) is 18.1 Å². The number of carbonyl (C=O) groups excluding carboxylic acids is 1. The monoisotopic (exact) mass is 232 g/mol. The maximum Gasteiger partial charge on any atom is 0.338 e. The molecule has 0 amide bonds. The van der Waals surface area contributed by atoms with Gasteiger partial charge in [0.2, 0.25) is 0 Å². The number of allylic oxidation sites excluding steroid dienone is 1. The normalized spacial score (nSPS) is 11.7. The topological polar surface area (TPSA) is 26.3 Å². The summed E-state index contributed by atoms with van der Waals surface area (Å²) in [6.45, 7) is 8.38. The van der Waals surface area contributed by atoms with Crippen molar-refractivity contribution in [3.63, 3.8) is 0 Å². The first kappa shape index (κ1) is 13.5. The van der Waals surface area contributed by atoms with Gasteiger partial charge in [0, 0.05) is 0 Å². The van der Waals surface area contributed by atoms with Crippen molar-refractivity contribution in [2.75, 3.05) is 6.61 Å². The molecule has 2 heteroatoms. The first-order valence-electron chi connectivity index (χ1n) is 5.95. The highest BCUT2D eigenvalue weighted by Gasteiger charge is 2.12. The molecule has 0 saturated carbocycles. The minimum absolute atomic E-state index is 0.245. The Hall–Kier alpha value is -1.57. The van der Waals surface area contributed by atoms with E-state index in [1.54, 1.807) is 6.08 Å². The summed E-state index contributed by atoms with van der Waals surface area (Å²) in [6, 6.07) is 7.88. The van der Waals surface area contributed by atoms with Gasteiger partial charge in [-0.15, -0.1) is 0 Å². The molecule has 0 saturated heterocycles. The molecule has 92 valence electrons. The summed E-state index contributed by atoms with van der Waals surface area (Å²) in [6.07, 6.45) is 1.80. The van der Waals surface area contributed by atoms with Gasteiger partial charge in [-0.1, -0.05) is 49.8 Å². The van der Waals surface area contributed by atoms with E-state index in [1.165, 1.54) is 5.56 Å². The lowest BCUT2D eigenvalue weighted by Gasteiger charge is -2.10. The highest BCUT2D eigenvalue weighted by Crippen LogP contribution is 2.17. The molecule has 1 aromatic carbocycles. The molecule has 0 fully saturated rings. The third-order valence-electron chi connectivity index (χ3n) is 2.42. The number of esters is 1. The quantitative estimate of drug-likeness (QED) is 0.585. The van der Waals surface area contributed by atoms with Crippen molar-refractivity contribution in [2.24, 2.45) is 5.92 Å². The van der Waals surface area contributed by atoms with Crippen LogP contribution in [-0.2, 0) is 9.53 Å². The van der Waals surface area contributed by atoms with Crippen LogP contribution >= 0.6 is 0 Å². The fourth-order valence-corrected chi connectivity index (χ4v) is 1.46. The van der Waals surface area contributed by atoms with Crippen molar-refractivity contribution in [2.45, 2.75) is 27.7 Å². The lowest BCUT2D eigenvalue weighted by atomic mass is 10.0. The summed E-state index contributed by atoms with van der Waals surface area (Å²) in [7, 11) is 0. The van der Waals surface area contributed by atoms with E-state index in [-0.39, 0.29) is 5.97 Å². The Labute approximate surface area is 103 Å². The van der Waals surface area contributed by atoms with E-state index in [1.807, 2.05) is 52.0 Å². The second kappa shape index (κ2) is 6.24. The van der Waals surface area contributed by atoms with Gasteiger partial charge in [0.05, 0.1) is 12.2 Å². The molecule has 0 spiro atoms. The minimum Gasteiger partial charge on any atom is -0.462 e. The van der Waals surface area contributed by atoms with Crippen LogP contribution in [0, 0.1) is 12.8 Å². The summed E-state index contributed by atoms with van der Waals surface area (Å²) >= 11 is 0. The van der Waals surface area contributed by atoms with Crippen LogP contribution in [0.2, 0.25) is 0 Å². The highest BCUT2D eigenvalue weighted by atomic mass is 16.5. The number of benzene rings is 1. The van der Waals surface area contributed by atoms with E-state index >= 15 is 0 Å². The van der Waals surface area contributed by atoms with Crippen LogP contribution in [0.25, 0.3) is 5.57 Å². The summed E-state index contributed by atoms with van der Waals surface area (Å²) < 4.78 is 5.23.